The minimum atomic E-state index is -0.381. The molecule has 1 aromatic heterocycles. The number of rotatable bonds is 3. The van der Waals surface area contributed by atoms with Gasteiger partial charge in [-0.1, -0.05) is 6.07 Å². The van der Waals surface area contributed by atoms with Crippen LogP contribution in [0.4, 0.5) is 0 Å². The van der Waals surface area contributed by atoms with Crippen LogP contribution < -0.4 is 0 Å². The summed E-state index contributed by atoms with van der Waals surface area (Å²) in [5.41, 5.74) is 0.439. The number of phenols is 1. The summed E-state index contributed by atoms with van der Waals surface area (Å²) in [4.78, 5) is 12.6. The van der Waals surface area contributed by atoms with Crippen LogP contribution >= 0.6 is 11.3 Å². The van der Waals surface area contributed by atoms with Crippen molar-refractivity contribution in [1.29, 1.82) is 0 Å². The molecule has 0 amide bonds. The first-order valence-corrected chi connectivity index (χ1v) is 5.62. The topological polar surface area (TPSA) is 46.5 Å². The van der Waals surface area contributed by atoms with E-state index in [-0.39, 0.29) is 18.3 Å². The van der Waals surface area contributed by atoms with Gasteiger partial charge in [0, 0.05) is 4.88 Å². The highest BCUT2D eigenvalue weighted by molar-refractivity contribution is 7.09. The van der Waals surface area contributed by atoms with Crippen LogP contribution in [-0.4, -0.2) is 11.1 Å². The molecule has 16 heavy (non-hydrogen) atoms. The highest BCUT2D eigenvalue weighted by Crippen LogP contribution is 2.13. The van der Waals surface area contributed by atoms with Gasteiger partial charge in [-0.2, -0.15) is 0 Å². The summed E-state index contributed by atoms with van der Waals surface area (Å²) in [6, 6.07) is 9.81. The summed E-state index contributed by atoms with van der Waals surface area (Å²) in [6.45, 7) is 0.289. The zero-order valence-electron chi connectivity index (χ0n) is 8.42. The lowest BCUT2D eigenvalue weighted by Crippen LogP contribution is -2.03. The van der Waals surface area contributed by atoms with Crippen molar-refractivity contribution in [1.82, 2.24) is 0 Å². The average molecular weight is 234 g/mol. The van der Waals surface area contributed by atoms with Gasteiger partial charge in [0.05, 0.1) is 5.56 Å². The van der Waals surface area contributed by atoms with Gasteiger partial charge in [0.25, 0.3) is 0 Å². The Morgan fingerprint density at radius 2 is 2.00 bits per heavy atom. The lowest BCUT2D eigenvalue weighted by molar-refractivity contribution is 0.0477. The summed E-state index contributed by atoms with van der Waals surface area (Å²) in [6.07, 6.45) is 0. The van der Waals surface area contributed by atoms with Gasteiger partial charge < -0.3 is 9.84 Å². The molecular weight excluding hydrogens is 224 g/mol. The van der Waals surface area contributed by atoms with E-state index in [0.29, 0.717) is 5.56 Å². The van der Waals surface area contributed by atoms with Crippen LogP contribution in [0.3, 0.4) is 0 Å². The number of carbonyl (C=O) groups excluding carboxylic acids is 1. The van der Waals surface area contributed by atoms with Crippen LogP contribution in [-0.2, 0) is 11.3 Å². The highest BCUT2D eigenvalue weighted by atomic mass is 32.1. The Bertz CT molecular complexity index is 460. The molecule has 4 heteroatoms. The van der Waals surface area contributed by atoms with E-state index in [0.717, 1.165) is 4.88 Å². The molecule has 0 saturated carbocycles. The molecule has 0 aliphatic heterocycles. The van der Waals surface area contributed by atoms with Crippen LogP contribution in [0.5, 0.6) is 5.75 Å². The van der Waals surface area contributed by atoms with Gasteiger partial charge >= 0.3 is 5.97 Å². The summed E-state index contributed by atoms with van der Waals surface area (Å²) < 4.78 is 5.10. The largest absolute Gasteiger partial charge is 0.508 e. The second kappa shape index (κ2) is 4.81. The van der Waals surface area contributed by atoms with Crippen LogP contribution in [0, 0.1) is 0 Å². The first-order valence-electron chi connectivity index (χ1n) is 4.74. The maximum Gasteiger partial charge on any atom is 0.338 e. The lowest BCUT2D eigenvalue weighted by Gasteiger charge is -2.02. The van der Waals surface area contributed by atoms with Gasteiger partial charge in [-0.3, -0.25) is 0 Å². The molecule has 0 fully saturated rings. The highest BCUT2D eigenvalue weighted by Gasteiger charge is 2.07. The number of aromatic hydroxyl groups is 1. The third-order valence-electron chi connectivity index (χ3n) is 2.03. The monoisotopic (exact) mass is 234 g/mol. The Labute approximate surface area is 96.9 Å². The molecular formula is C12H10O3S. The first-order chi connectivity index (χ1) is 7.75. The van der Waals surface area contributed by atoms with E-state index < -0.39 is 0 Å². The molecule has 1 N–H and O–H groups in total. The van der Waals surface area contributed by atoms with E-state index in [2.05, 4.69) is 0 Å². The molecule has 0 saturated heterocycles. The van der Waals surface area contributed by atoms with Crippen LogP contribution in [0.2, 0.25) is 0 Å². The van der Waals surface area contributed by atoms with Crippen molar-refractivity contribution in [3.05, 3.63) is 52.2 Å². The molecule has 0 aliphatic carbocycles. The fourth-order valence-corrected chi connectivity index (χ4v) is 1.83. The van der Waals surface area contributed by atoms with Crippen molar-refractivity contribution in [3.8, 4) is 5.75 Å². The SMILES string of the molecule is O=C(OCc1cccs1)c1ccc(O)cc1. The van der Waals surface area contributed by atoms with Crippen LogP contribution in [0.25, 0.3) is 0 Å². The summed E-state index contributed by atoms with van der Waals surface area (Å²) in [5, 5.41) is 11.0. The molecule has 0 unspecified atom stereocenters. The number of ether oxygens (including phenoxy) is 1. The number of esters is 1. The summed E-state index contributed by atoms with van der Waals surface area (Å²) in [5.74, 6) is -0.247. The Morgan fingerprint density at radius 3 is 2.62 bits per heavy atom. The van der Waals surface area contributed by atoms with Crippen LogP contribution in [0.1, 0.15) is 15.2 Å². The van der Waals surface area contributed by atoms with Gasteiger partial charge in [-0.15, -0.1) is 11.3 Å². The maximum absolute atomic E-state index is 11.6. The van der Waals surface area contributed by atoms with Gasteiger partial charge in [0.2, 0.25) is 0 Å². The normalized spacial score (nSPS) is 10.0. The van der Waals surface area contributed by atoms with E-state index in [9.17, 15) is 4.79 Å². The molecule has 0 bridgehead atoms. The van der Waals surface area contributed by atoms with Gasteiger partial charge in [0.1, 0.15) is 12.4 Å². The third-order valence-corrected chi connectivity index (χ3v) is 2.88. The summed E-state index contributed by atoms with van der Waals surface area (Å²) >= 11 is 1.55. The standard InChI is InChI=1S/C12H10O3S/c13-10-5-3-9(4-6-10)12(14)15-8-11-2-1-7-16-11/h1-7,13H,8H2. The van der Waals surface area contributed by atoms with Gasteiger partial charge in [-0.05, 0) is 35.7 Å². The molecule has 0 atom stereocenters. The van der Waals surface area contributed by atoms with E-state index in [1.807, 2.05) is 17.5 Å². The first kappa shape index (κ1) is 10.7. The smallest absolute Gasteiger partial charge is 0.338 e. The molecule has 82 valence electrons. The molecule has 0 spiro atoms. The predicted octanol–water partition coefficient (Wildman–Crippen LogP) is 2.81. The maximum atomic E-state index is 11.6. The molecule has 2 aromatic rings. The Hall–Kier alpha value is -1.81. The molecule has 0 radical (unpaired) electrons. The number of carbonyl (C=O) groups is 1. The minimum Gasteiger partial charge on any atom is -0.508 e. The van der Waals surface area contributed by atoms with E-state index in [1.54, 1.807) is 11.3 Å². The fourth-order valence-electron chi connectivity index (χ4n) is 1.21. The average Bonchev–Trinajstić information content (AvgIpc) is 2.80. The van der Waals surface area contributed by atoms with Crippen molar-refractivity contribution in [3.63, 3.8) is 0 Å². The van der Waals surface area contributed by atoms with Crippen molar-refractivity contribution in [2.45, 2.75) is 6.61 Å². The Kier molecular flexibility index (Phi) is 3.22. The molecule has 2 rings (SSSR count). The van der Waals surface area contributed by atoms with E-state index >= 15 is 0 Å². The zero-order valence-corrected chi connectivity index (χ0v) is 9.24. The lowest BCUT2D eigenvalue weighted by atomic mass is 10.2. The minimum absolute atomic E-state index is 0.134. The number of hydrogen-bond acceptors (Lipinski definition) is 4. The molecule has 1 heterocycles. The van der Waals surface area contributed by atoms with Crippen molar-refractivity contribution in [2.75, 3.05) is 0 Å². The Morgan fingerprint density at radius 1 is 1.25 bits per heavy atom. The zero-order chi connectivity index (χ0) is 11.4. The predicted molar refractivity (Wildman–Crippen MR) is 61.5 cm³/mol. The second-order valence-electron chi connectivity index (χ2n) is 3.20. The quantitative estimate of drug-likeness (QED) is 0.831. The van der Waals surface area contributed by atoms with Gasteiger partial charge in [0.15, 0.2) is 0 Å². The molecule has 0 aliphatic rings. The van der Waals surface area contributed by atoms with Gasteiger partial charge in [-0.25, -0.2) is 4.79 Å². The number of hydrogen-bond donors (Lipinski definition) is 1. The van der Waals surface area contributed by atoms with E-state index in [1.165, 1.54) is 24.3 Å². The number of phenolic OH excluding ortho intramolecular Hbond substituents is 1. The third kappa shape index (κ3) is 2.61. The number of benzene rings is 1. The molecule has 1 aromatic carbocycles. The Balaban J connectivity index is 1.95. The second-order valence-corrected chi connectivity index (χ2v) is 4.23. The van der Waals surface area contributed by atoms with E-state index in [4.69, 9.17) is 9.84 Å². The van der Waals surface area contributed by atoms with Crippen molar-refractivity contribution < 1.29 is 14.6 Å². The molecule has 3 nitrogen and oxygen atoms in total. The van der Waals surface area contributed by atoms with Crippen molar-refractivity contribution in [2.24, 2.45) is 0 Å². The van der Waals surface area contributed by atoms with Crippen molar-refractivity contribution >= 4 is 17.3 Å². The summed E-state index contributed by atoms with van der Waals surface area (Å²) in [7, 11) is 0. The van der Waals surface area contributed by atoms with Crippen LogP contribution in [0.15, 0.2) is 41.8 Å². The number of thiophene rings is 1. The fraction of sp³-hybridized carbons (Fsp3) is 0.0833.